The lowest BCUT2D eigenvalue weighted by Gasteiger charge is -2.09. The van der Waals surface area contributed by atoms with Crippen LogP contribution in [-0.4, -0.2) is 26.3 Å². The third kappa shape index (κ3) is 2.23. The second kappa shape index (κ2) is 5.09. The van der Waals surface area contributed by atoms with Gasteiger partial charge in [0.15, 0.2) is 0 Å². The van der Waals surface area contributed by atoms with Crippen molar-refractivity contribution < 1.29 is 9.90 Å². The molecular weight excluding hydrogens is 280 g/mol. The molecule has 0 aromatic carbocycles. The van der Waals surface area contributed by atoms with Gasteiger partial charge in [-0.15, -0.1) is 11.3 Å². The van der Waals surface area contributed by atoms with Gasteiger partial charge in [0, 0.05) is 10.3 Å². The Bertz CT molecular complexity index is 639. The molecule has 2 aromatic heterocycles. The lowest BCUT2D eigenvalue weighted by Crippen LogP contribution is -2.15. The summed E-state index contributed by atoms with van der Waals surface area (Å²) in [6.45, 7) is 1.89. The molecule has 0 spiro atoms. The van der Waals surface area contributed by atoms with Gasteiger partial charge < -0.3 is 5.11 Å². The van der Waals surface area contributed by atoms with Crippen molar-refractivity contribution in [1.82, 2.24) is 9.97 Å². The van der Waals surface area contributed by atoms with Crippen LogP contribution in [0, 0.1) is 0 Å². The summed E-state index contributed by atoms with van der Waals surface area (Å²) < 4.78 is 0. The number of carboxylic acids is 1. The molecule has 1 aliphatic carbocycles. The van der Waals surface area contributed by atoms with Crippen molar-refractivity contribution in [2.45, 2.75) is 42.9 Å². The van der Waals surface area contributed by atoms with Crippen molar-refractivity contribution in [3.63, 3.8) is 0 Å². The molecule has 19 heavy (non-hydrogen) atoms. The molecule has 1 unspecified atom stereocenters. The Morgan fingerprint density at radius 1 is 1.53 bits per heavy atom. The lowest BCUT2D eigenvalue weighted by atomic mass is 10.2. The van der Waals surface area contributed by atoms with Crippen molar-refractivity contribution >= 4 is 39.3 Å². The maximum Gasteiger partial charge on any atom is 0.317 e. The highest BCUT2D eigenvalue weighted by molar-refractivity contribution is 8.00. The van der Waals surface area contributed by atoms with Gasteiger partial charge in [0.1, 0.15) is 21.4 Å². The van der Waals surface area contributed by atoms with Crippen LogP contribution >= 0.6 is 23.1 Å². The first-order chi connectivity index (χ1) is 9.20. The maximum atomic E-state index is 11.2. The minimum absolute atomic E-state index is 0.435. The van der Waals surface area contributed by atoms with Crippen LogP contribution in [0.3, 0.4) is 0 Å². The second-order valence-corrected chi connectivity index (χ2v) is 6.84. The Balaban J connectivity index is 2.06. The van der Waals surface area contributed by atoms with E-state index in [1.54, 1.807) is 17.7 Å². The van der Waals surface area contributed by atoms with Gasteiger partial charge in [-0.2, -0.15) is 0 Å². The Morgan fingerprint density at radius 2 is 2.37 bits per heavy atom. The number of aryl methyl sites for hydroxylation is 2. The number of thiophene rings is 1. The summed E-state index contributed by atoms with van der Waals surface area (Å²) in [6.07, 6.45) is 5.52. The van der Waals surface area contributed by atoms with Gasteiger partial charge in [-0.05, 0) is 31.2 Å². The molecule has 6 heteroatoms. The molecule has 4 nitrogen and oxygen atoms in total. The van der Waals surface area contributed by atoms with Crippen LogP contribution in [0.4, 0.5) is 0 Å². The maximum absolute atomic E-state index is 11.2. The molecule has 0 bridgehead atoms. The Hall–Kier alpha value is -1.14. The number of carboxylic acid groups (broad SMARTS) is 1. The first kappa shape index (κ1) is 12.9. The molecule has 0 saturated heterocycles. The van der Waals surface area contributed by atoms with Gasteiger partial charge in [0.25, 0.3) is 0 Å². The number of rotatable bonds is 4. The zero-order valence-electron chi connectivity index (χ0n) is 10.5. The zero-order valence-corrected chi connectivity index (χ0v) is 12.2. The smallest absolute Gasteiger partial charge is 0.317 e. The molecular formula is C13H14N2O2S2. The summed E-state index contributed by atoms with van der Waals surface area (Å²) in [7, 11) is 0. The van der Waals surface area contributed by atoms with E-state index in [2.05, 4.69) is 9.97 Å². The van der Waals surface area contributed by atoms with E-state index in [0.717, 1.165) is 28.1 Å². The largest absolute Gasteiger partial charge is 0.480 e. The molecule has 3 rings (SSSR count). The fourth-order valence-electron chi connectivity index (χ4n) is 2.43. The molecule has 0 saturated carbocycles. The van der Waals surface area contributed by atoms with Crippen LogP contribution in [0.25, 0.3) is 10.2 Å². The van der Waals surface area contributed by atoms with Crippen molar-refractivity contribution in [3.8, 4) is 0 Å². The summed E-state index contributed by atoms with van der Waals surface area (Å²) in [5.74, 6) is -0.772. The van der Waals surface area contributed by atoms with E-state index in [1.807, 2.05) is 6.92 Å². The van der Waals surface area contributed by atoms with Gasteiger partial charge in [-0.1, -0.05) is 18.7 Å². The fourth-order valence-corrected chi connectivity index (χ4v) is 4.71. The van der Waals surface area contributed by atoms with E-state index in [9.17, 15) is 9.90 Å². The van der Waals surface area contributed by atoms with E-state index in [4.69, 9.17) is 0 Å². The van der Waals surface area contributed by atoms with Crippen LogP contribution in [0.5, 0.6) is 0 Å². The standard InChI is InChI=1S/C13H14N2O2S2/c1-2-8(13(16)17)18-11-10-7-4-3-5-9(7)19-12(10)15-6-14-11/h6,8H,2-5H2,1H3,(H,16,17). The van der Waals surface area contributed by atoms with Crippen LogP contribution in [-0.2, 0) is 17.6 Å². The summed E-state index contributed by atoms with van der Waals surface area (Å²) in [4.78, 5) is 22.2. The minimum Gasteiger partial charge on any atom is -0.480 e. The molecule has 1 aliphatic rings. The third-order valence-electron chi connectivity index (χ3n) is 3.37. The molecule has 1 N–H and O–H groups in total. The van der Waals surface area contributed by atoms with E-state index in [0.29, 0.717) is 6.42 Å². The van der Waals surface area contributed by atoms with Crippen molar-refractivity contribution in [2.75, 3.05) is 0 Å². The summed E-state index contributed by atoms with van der Waals surface area (Å²) in [5.41, 5.74) is 1.35. The van der Waals surface area contributed by atoms with Crippen molar-refractivity contribution in [3.05, 3.63) is 16.8 Å². The Morgan fingerprint density at radius 3 is 3.11 bits per heavy atom. The van der Waals surface area contributed by atoms with E-state index >= 15 is 0 Å². The van der Waals surface area contributed by atoms with E-state index < -0.39 is 11.2 Å². The predicted molar refractivity (Wildman–Crippen MR) is 77.0 cm³/mol. The average Bonchev–Trinajstić information content (AvgIpc) is 2.95. The van der Waals surface area contributed by atoms with Gasteiger partial charge in [0.05, 0.1) is 0 Å². The zero-order chi connectivity index (χ0) is 13.4. The lowest BCUT2D eigenvalue weighted by molar-refractivity contribution is -0.136. The Labute approximate surface area is 119 Å². The second-order valence-electron chi connectivity index (χ2n) is 4.57. The van der Waals surface area contributed by atoms with Gasteiger partial charge >= 0.3 is 5.97 Å². The summed E-state index contributed by atoms with van der Waals surface area (Å²) >= 11 is 3.08. The van der Waals surface area contributed by atoms with Gasteiger partial charge in [-0.25, -0.2) is 9.97 Å². The number of hydrogen-bond acceptors (Lipinski definition) is 5. The number of nitrogens with zero attached hydrogens (tertiary/aromatic N) is 2. The summed E-state index contributed by atoms with van der Waals surface area (Å²) in [5, 5.41) is 10.7. The summed E-state index contributed by atoms with van der Waals surface area (Å²) in [6, 6.07) is 0. The molecule has 2 aromatic rings. The van der Waals surface area contributed by atoms with Gasteiger partial charge in [0.2, 0.25) is 0 Å². The monoisotopic (exact) mass is 294 g/mol. The average molecular weight is 294 g/mol. The predicted octanol–water partition coefficient (Wildman–Crippen LogP) is 3.14. The van der Waals surface area contributed by atoms with Crippen LogP contribution in [0.1, 0.15) is 30.2 Å². The van der Waals surface area contributed by atoms with E-state index in [1.165, 1.54) is 28.6 Å². The minimum atomic E-state index is -0.772. The highest BCUT2D eigenvalue weighted by Crippen LogP contribution is 2.41. The normalized spacial score (nSPS) is 15.6. The van der Waals surface area contributed by atoms with Gasteiger partial charge in [-0.3, -0.25) is 4.79 Å². The third-order valence-corrected chi connectivity index (χ3v) is 5.92. The number of carbonyl (C=O) groups is 1. The Kier molecular flexibility index (Phi) is 3.45. The molecule has 0 aliphatic heterocycles. The topological polar surface area (TPSA) is 63.1 Å². The molecule has 2 heterocycles. The highest BCUT2D eigenvalue weighted by atomic mass is 32.2. The molecule has 0 amide bonds. The molecule has 0 radical (unpaired) electrons. The van der Waals surface area contributed by atoms with Crippen LogP contribution in [0.2, 0.25) is 0 Å². The quantitative estimate of drug-likeness (QED) is 0.693. The van der Waals surface area contributed by atoms with Crippen LogP contribution < -0.4 is 0 Å². The van der Waals surface area contributed by atoms with Crippen molar-refractivity contribution in [1.29, 1.82) is 0 Å². The van der Waals surface area contributed by atoms with E-state index in [-0.39, 0.29) is 0 Å². The number of thioether (sulfide) groups is 1. The first-order valence-corrected chi connectivity index (χ1v) is 8.05. The number of aromatic nitrogens is 2. The molecule has 0 fully saturated rings. The SMILES string of the molecule is CCC(Sc1ncnc2sc3c(c12)CCC3)C(=O)O. The number of fused-ring (bicyclic) bond motifs is 3. The molecule has 1 atom stereocenters. The van der Waals surface area contributed by atoms with Crippen molar-refractivity contribution in [2.24, 2.45) is 0 Å². The highest BCUT2D eigenvalue weighted by Gasteiger charge is 2.24. The number of aliphatic carboxylic acids is 1. The number of hydrogen-bond donors (Lipinski definition) is 1. The molecule has 100 valence electrons. The first-order valence-electron chi connectivity index (χ1n) is 6.35. The van der Waals surface area contributed by atoms with Crippen LogP contribution in [0.15, 0.2) is 11.4 Å². The fraction of sp³-hybridized carbons (Fsp3) is 0.462.